The summed E-state index contributed by atoms with van der Waals surface area (Å²) in [7, 11) is 3.80. The Hall–Kier alpha value is -0.910. The van der Waals surface area contributed by atoms with Crippen molar-refractivity contribution in [2.45, 2.75) is 20.3 Å². The molecular formula is C19H33BrIN5O2. The number of carbonyl (C=O) groups is 1. The van der Waals surface area contributed by atoms with Crippen LogP contribution >= 0.6 is 39.9 Å². The van der Waals surface area contributed by atoms with Gasteiger partial charge in [-0.1, -0.05) is 22.0 Å². The van der Waals surface area contributed by atoms with Gasteiger partial charge >= 0.3 is 0 Å². The SMILES string of the molecule is CCNC(=NCC(=O)Nc1cc(Br)ccc1C)NCCN(C)CCCOC.I. The molecule has 0 saturated carbocycles. The van der Waals surface area contributed by atoms with E-state index < -0.39 is 0 Å². The lowest BCUT2D eigenvalue weighted by Crippen LogP contribution is -2.41. The van der Waals surface area contributed by atoms with E-state index in [1.165, 1.54) is 0 Å². The zero-order valence-corrected chi connectivity index (χ0v) is 21.1. The molecule has 0 unspecified atom stereocenters. The number of guanidine groups is 1. The van der Waals surface area contributed by atoms with Gasteiger partial charge in [-0.05, 0) is 45.0 Å². The van der Waals surface area contributed by atoms with E-state index >= 15 is 0 Å². The maximum absolute atomic E-state index is 12.2. The van der Waals surface area contributed by atoms with Gasteiger partial charge in [-0.15, -0.1) is 24.0 Å². The second kappa shape index (κ2) is 15.9. The van der Waals surface area contributed by atoms with Gasteiger partial charge in [-0.2, -0.15) is 0 Å². The summed E-state index contributed by atoms with van der Waals surface area (Å²) in [5.74, 6) is 0.494. The van der Waals surface area contributed by atoms with Crippen LogP contribution in [0.1, 0.15) is 18.9 Å². The number of amides is 1. The Morgan fingerprint density at radius 1 is 1.29 bits per heavy atom. The molecular weight excluding hydrogens is 537 g/mol. The average molecular weight is 570 g/mol. The van der Waals surface area contributed by atoms with Crippen LogP contribution in [0.4, 0.5) is 5.69 Å². The molecule has 28 heavy (non-hydrogen) atoms. The smallest absolute Gasteiger partial charge is 0.246 e. The number of halogens is 2. The van der Waals surface area contributed by atoms with Gasteiger partial charge < -0.3 is 25.6 Å². The van der Waals surface area contributed by atoms with E-state index in [4.69, 9.17) is 4.74 Å². The molecule has 1 aromatic carbocycles. The van der Waals surface area contributed by atoms with Crippen molar-refractivity contribution in [2.75, 3.05) is 58.8 Å². The Balaban J connectivity index is 0.00000729. The average Bonchev–Trinajstić information content (AvgIpc) is 2.63. The third-order valence-electron chi connectivity index (χ3n) is 3.87. The minimum Gasteiger partial charge on any atom is -0.385 e. The molecule has 0 atom stereocenters. The number of likely N-dealkylation sites (N-methyl/N-ethyl adjacent to an activating group) is 1. The van der Waals surface area contributed by atoms with E-state index in [0.717, 1.165) is 54.9 Å². The summed E-state index contributed by atoms with van der Waals surface area (Å²) in [6.45, 7) is 8.15. The van der Waals surface area contributed by atoms with Crippen LogP contribution in [0, 0.1) is 6.92 Å². The first-order valence-corrected chi connectivity index (χ1v) is 10.0. The molecule has 0 heterocycles. The molecule has 0 spiro atoms. The molecule has 0 aliphatic heterocycles. The molecule has 1 rings (SSSR count). The molecule has 0 radical (unpaired) electrons. The van der Waals surface area contributed by atoms with Crippen molar-refractivity contribution in [3.63, 3.8) is 0 Å². The molecule has 1 amide bonds. The predicted molar refractivity (Wildman–Crippen MR) is 131 cm³/mol. The maximum Gasteiger partial charge on any atom is 0.246 e. The summed E-state index contributed by atoms with van der Waals surface area (Å²) in [6.07, 6.45) is 1.01. The van der Waals surface area contributed by atoms with Gasteiger partial charge in [-0.25, -0.2) is 4.99 Å². The second-order valence-corrected chi connectivity index (χ2v) is 7.19. The summed E-state index contributed by atoms with van der Waals surface area (Å²) in [5.41, 5.74) is 1.80. The van der Waals surface area contributed by atoms with E-state index in [9.17, 15) is 4.79 Å². The van der Waals surface area contributed by atoms with Crippen LogP contribution in [0.25, 0.3) is 0 Å². The Morgan fingerprint density at radius 2 is 2.04 bits per heavy atom. The highest BCUT2D eigenvalue weighted by Gasteiger charge is 2.06. The summed E-state index contributed by atoms with van der Waals surface area (Å²) in [5, 5.41) is 9.32. The van der Waals surface area contributed by atoms with Crippen LogP contribution in [0.2, 0.25) is 0 Å². The van der Waals surface area contributed by atoms with Gasteiger partial charge in [0.2, 0.25) is 5.91 Å². The topological polar surface area (TPSA) is 78.0 Å². The number of ether oxygens (including phenoxy) is 1. The lowest BCUT2D eigenvalue weighted by molar-refractivity contribution is -0.114. The van der Waals surface area contributed by atoms with Gasteiger partial charge in [0.25, 0.3) is 0 Å². The summed E-state index contributed by atoms with van der Waals surface area (Å²) >= 11 is 3.42. The zero-order chi connectivity index (χ0) is 20.1. The number of carbonyl (C=O) groups excluding carboxylic acids is 1. The minimum absolute atomic E-state index is 0. The number of benzene rings is 1. The Bertz CT molecular complexity index is 616. The van der Waals surface area contributed by atoms with E-state index in [-0.39, 0.29) is 36.4 Å². The molecule has 1 aromatic rings. The van der Waals surface area contributed by atoms with Crippen LogP contribution in [0.3, 0.4) is 0 Å². The molecule has 7 nitrogen and oxygen atoms in total. The summed E-state index contributed by atoms with van der Waals surface area (Å²) in [6, 6.07) is 5.79. The quantitative estimate of drug-likeness (QED) is 0.165. The van der Waals surface area contributed by atoms with E-state index in [0.29, 0.717) is 5.96 Å². The maximum atomic E-state index is 12.2. The third kappa shape index (κ3) is 11.8. The van der Waals surface area contributed by atoms with Crippen molar-refractivity contribution in [1.82, 2.24) is 15.5 Å². The van der Waals surface area contributed by atoms with Gasteiger partial charge in [0.05, 0.1) is 0 Å². The Morgan fingerprint density at radius 3 is 2.71 bits per heavy atom. The Labute approximate surface area is 194 Å². The van der Waals surface area contributed by atoms with Gasteiger partial charge in [0, 0.05) is 50.1 Å². The number of hydrogen-bond acceptors (Lipinski definition) is 4. The van der Waals surface area contributed by atoms with Crippen molar-refractivity contribution in [2.24, 2.45) is 4.99 Å². The van der Waals surface area contributed by atoms with Crippen LogP contribution in [-0.4, -0.2) is 70.3 Å². The lowest BCUT2D eigenvalue weighted by atomic mass is 10.2. The molecule has 0 aromatic heterocycles. The van der Waals surface area contributed by atoms with Crippen molar-refractivity contribution in [3.05, 3.63) is 28.2 Å². The number of anilines is 1. The molecule has 0 saturated heterocycles. The standard InChI is InChI=1S/C19H32BrN5O2.HI/c1-5-21-19(22-9-11-25(3)10-6-12-27-4)23-14-18(26)24-17-13-16(20)8-7-15(17)2;/h7-8,13H,5-6,9-12,14H2,1-4H3,(H,24,26)(H2,21,22,23);1H. The number of hydrogen-bond donors (Lipinski definition) is 3. The number of methoxy groups -OCH3 is 1. The largest absolute Gasteiger partial charge is 0.385 e. The molecule has 160 valence electrons. The van der Waals surface area contributed by atoms with Crippen molar-refractivity contribution < 1.29 is 9.53 Å². The molecule has 0 fully saturated rings. The van der Waals surface area contributed by atoms with Gasteiger partial charge in [0.15, 0.2) is 5.96 Å². The molecule has 0 aliphatic rings. The van der Waals surface area contributed by atoms with Crippen molar-refractivity contribution in [1.29, 1.82) is 0 Å². The number of nitrogens with one attached hydrogen (secondary N) is 3. The Kier molecular flexibility index (Phi) is 15.4. The third-order valence-corrected chi connectivity index (χ3v) is 4.37. The fraction of sp³-hybridized carbons (Fsp3) is 0.579. The fourth-order valence-electron chi connectivity index (χ4n) is 2.37. The summed E-state index contributed by atoms with van der Waals surface area (Å²) < 4.78 is 5.99. The van der Waals surface area contributed by atoms with Crippen LogP contribution in [-0.2, 0) is 9.53 Å². The van der Waals surface area contributed by atoms with E-state index in [1.807, 2.05) is 32.0 Å². The van der Waals surface area contributed by atoms with E-state index in [2.05, 4.69) is 48.8 Å². The lowest BCUT2D eigenvalue weighted by Gasteiger charge is -2.18. The molecule has 0 aliphatic carbocycles. The summed E-state index contributed by atoms with van der Waals surface area (Å²) in [4.78, 5) is 18.8. The number of rotatable bonds is 11. The van der Waals surface area contributed by atoms with Gasteiger partial charge in [0.1, 0.15) is 6.54 Å². The van der Waals surface area contributed by atoms with Crippen molar-refractivity contribution >= 4 is 57.5 Å². The molecule has 3 N–H and O–H groups in total. The van der Waals surface area contributed by atoms with Gasteiger partial charge in [-0.3, -0.25) is 4.79 Å². The first-order chi connectivity index (χ1) is 13.0. The molecule has 9 heteroatoms. The van der Waals surface area contributed by atoms with Crippen LogP contribution in [0.15, 0.2) is 27.7 Å². The second-order valence-electron chi connectivity index (χ2n) is 6.28. The number of aliphatic imine (C=N–C) groups is 1. The number of nitrogens with zero attached hydrogens (tertiary/aromatic N) is 2. The minimum atomic E-state index is -0.148. The highest BCUT2D eigenvalue weighted by Crippen LogP contribution is 2.20. The first-order valence-electron chi connectivity index (χ1n) is 9.22. The van der Waals surface area contributed by atoms with Crippen LogP contribution < -0.4 is 16.0 Å². The molecule has 0 bridgehead atoms. The van der Waals surface area contributed by atoms with Crippen LogP contribution in [0.5, 0.6) is 0 Å². The normalized spacial score (nSPS) is 11.1. The van der Waals surface area contributed by atoms with E-state index in [1.54, 1.807) is 7.11 Å². The monoisotopic (exact) mass is 569 g/mol. The van der Waals surface area contributed by atoms with Crippen molar-refractivity contribution in [3.8, 4) is 0 Å². The highest BCUT2D eigenvalue weighted by atomic mass is 127. The zero-order valence-electron chi connectivity index (χ0n) is 17.2. The highest BCUT2D eigenvalue weighted by molar-refractivity contribution is 14.0. The fourth-order valence-corrected chi connectivity index (χ4v) is 2.73. The predicted octanol–water partition coefficient (Wildman–Crippen LogP) is 2.84. The first kappa shape index (κ1) is 27.1. The number of aryl methyl sites for hydroxylation is 1.